The number of nitrogens with zero attached hydrogens (tertiary/aromatic N) is 2. The third-order valence-corrected chi connectivity index (χ3v) is 6.06. The number of aryl methyl sites for hydroxylation is 1. The second kappa shape index (κ2) is 7.22. The lowest BCUT2D eigenvalue weighted by Crippen LogP contribution is -3.00. The first-order chi connectivity index (χ1) is 9.35. The Kier molecular flexibility index (Phi) is 6.40. The number of quaternary nitrogens is 1. The fourth-order valence-corrected chi connectivity index (χ4v) is 3.88. The third-order valence-electron chi connectivity index (χ3n) is 4.18. The van der Waals surface area contributed by atoms with Crippen LogP contribution in [0, 0.1) is 6.92 Å². The van der Waals surface area contributed by atoms with Gasteiger partial charge in [0, 0.05) is 5.56 Å². The number of halogens is 1. The molecule has 6 heteroatoms. The fourth-order valence-electron chi connectivity index (χ4n) is 2.80. The molecule has 21 heavy (non-hydrogen) atoms. The van der Waals surface area contributed by atoms with E-state index in [2.05, 4.69) is 38.2 Å². The van der Waals surface area contributed by atoms with Crippen LogP contribution in [0.3, 0.4) is 0 Å². The van der Waals surface area contributed by atoms with Crippen LogP contribution in [-0.2, 0) is 16.6 Å². The van der Waals surface area contributed by atoms with Crippen molar-refractivity contribution in [3.8, 4) is 0 Å². The van der Waals surface area contributed by atoms with E-state index in [0.29, 0.717) is 13.1 Å². The first kappa shape index (κ1) is 18.6. The summed E-state index contributed by atoms with van der Waals surface area (Å²) in [4.78, 5) is 0. The van der Waals surface area contributed by atoms with Crippen LogP contribution in [0.2, 0.25) is 0 Å². The van der Waals surface area contributed by atoms with Crippen LogP contribution in [0.1, 0.15) is 18.1 Å². The van der Waals surface area contributed by atoms with E-state index in [4.69, 9.17) is 0 Å². The normalized spacial score (nSPS) is 19.0. The van der Waals surface area contributed by atoms with E-state index in [1.807, 2.05) is 0 Å². The van der Waals surface area contributed by atoms with Crippen LogP contribution in [0.25, 0.3) is 0 Å². The molecule has 1 aromatic rings. The minimum absolute atomic E-state index is 0. The van der Waals surface area contributed by atoms with Crippen LogP contribution in [0.15, 0.2) is 24.3 Å². The lowest BCUT2D eigenvalue weighted by Gasteiger charge is -2.41. The Hall–Kier alpha value is -0.430. The van der Waals surface area contributed by atoms with Gasteiger partial charge in [0.2, 0.25) is 10.0 Å². The molecule has 0 amide bonds. The molecule has 1 fully saturated rings. The van der Waals surface area contributed by atoms with Gasteiger partial charge >= 0.3 is 0 Å². The van der Waals surface area contributed by atoms with E-state index in [0.717, 1.165) is 24.1 Å². The Balaban J connectivity index is 0.00000220. The zero-order valence-electron chi connectivity index (χ0n) is 13.0. The summed E-state index contributed by atoms with van der Waals surface area (Å²) in [5.41, 5.74) is 2.61. The van der Waals surface area contributed by atoms with Gasteiger partial charge < -0.3 is 21.5 Å². The molecule has 1 aliphatic rings. The summed E-state index contributed by atoms with van der Waals surface area (Å²) in [5, 5.41) is 0. The Bertz CT molecular complexity index is 567. The van der Waals surface area contributed by atoms with Gasteiger partial charge in [-0.15, -0.1) is 0 Å². The maximum atomic E-state index is 11.9. The number of piperazine rings is 1. The molecule has 0 unspecified atom stereocenters. The van der Waals surface area contributed by atoms with E-state index in [9.17, 15) is 8.42 Å². The lowest BCUT2D eigenvalue weighted by atomic mass is 10.1. The molecule has 120 valence electrons. The van der Waals surface area contributed by atoms with Gasteiger partial charge in [-0.3, -0.25) is 0 Å². The number of benzene rings is 1. The summed E-state index contributed by atoms with van der Waals surface area (Å²) in [6, 6.07) is 8.58. The van der Waals surface area contributed by atoms with Gasteiger partial charge in [-0.05, 0) is 13.8 Å². The number of hydrogen-bond acceptors (Lipinski definition) is 2. The van der Waals surface area contributed by atoms with Crippen LogP contribution >= 0.6 is 0 Å². The van der Waals surface area contributed by atoms with E-state index >= 15 is 0 Å². The maximum absolute atomic E-state index is 11.9. The molecule has 1 heterocycles. The van der Waals surface area contributed by atoms with E-state index in [1.54, 1.807) is 11.2 Å². The molecule has 1 aromatic carbocycles. The molecule has 0 aliphatic carbocycles. The van der Waals surface area contributed by atoms with Gasteiger partial charge in [-0.2, -0.15) is 4.31 Å². The van der Waals surface area contributed by atoms with Gasteiger partial charge in [0.25, 0.3) is 0 Å². The van der Waals surface area contributed by atoms with Crippen molar-refractivity contribution in [3.05, 3.63) is 35.4 Å². The molecule has 4 nitrogen and oxygen atoms in total. The van der Waals surface area contributed by atoms with E-state index < -0.39 is 10.0 Å². The molecule has 0 aromatic heterocycles. The number of rotatable bonds is 4. The van der Waals surface area contributed by atoms with Crippen LogP contribution in [-0.4, -0.2) is 56.2 Å². The van der Waals surface area contributed by atoms with Crippen molar-refractivity contribution in [2.75, 3.05) is 39.0 Å². The number of sulfonamides is 1. The Morgan fingerprint density at radius 3 is 2.38 bits per heavy atom. The predicted octanol–water partition coefficient (Wildman–Crippen LogP) is -1.39. The van der Waals surface area contributed by atoms with Crippen molar-refractivity contribution >= 4 is 10.0 Å². The van der Waals surface area contributed by atoms with Gasteiger partial charge in [0.15, 0.2) is 0 Å². The Morgan fingerprint density at radius 1 is 1.24 bits per heavy atom. The first-order valence-corrected chi connectivity index (χ1v) is 8.82. The average Bonchev–Trinajstić information content (AvgIpc) is 2.39. The largest absolute Gasteiger partial charge is 1.00 e. The Labute approximate surface area is 139 Å². The molecule has 0 bridgehead atoms. The predicted molar refractivity (Wildman–Crippen MR) is 81.8 cm³/mol. The standard InChI is InChI=1S/C15H25N2O2S.BrH/c1-4-20(18,19)16-8-10-17(3,11-9-16)13-15-7-5-6-14(2)12-15;/h5-7,12H,4,8-11,13H2,1-3H3;1H/q+1;/p-1. The van der Waals surface area contributed by atoms with Gasteiger partial charge in [-0.25, -0.2) is 8.42 Å². The zero-order valence-corrected chi connectivity index (χ0v) is 15.5. The van der Waals surface area contributed by atoms with E-state index in [-0.39, 0.29) is 22.7 Å². The summed E-state index contributed by atoms with van der Waals surface area (Å²) in [6.07, 6.45) is 0. The van der Waals surface area contributed by atoms with Crippen LogP contribution in [0.5, 0.6) is 0 Å². The highest BCUT2D eigenvalue weighted by Crippen LogP contribution is 2.18. The van der Waals surface area contributed by atoms with Crippen molar-refractivity contribution < 1.29 is 29.9 Å². The molecular formula is C15H25BrN2O2S. The fraction of sp³-hybridized carbons (Fsp3) is 0.600. The zero-order chi connectivity index (χ0) is 14.8. The molecule has 0 radical (unpaired) electrons. The SMILES string of the molecule is CCS(=O)(=O)N1CC[N+](C)(Cc2cccc(C)c2)CC1.[Br-]. The van der Waals surface area contributed by atoms with E-state index in [1.165, 1.54) is 11.1 Å². The summed E-state index contributed by atoms with van der Waals surface area (Å²) in [6.45, 7) is 7.83. The quantitative estimate of drug-likeness (QED) is 0.606. The summed E-state index contributed by atoms with van der Waals surface area (Å²) < 4.78 is 26.3. The van der Waals surface area contributed by atoms with Gasteiger partial charge in [0.05, 0.1) is 39.0 Å². The second-order valence-electron chi connectivity index (χ2n) is 6.01. The molecule has 2 rings (SSSR count). The minimum atomic E-state index is -3.03. The molecular weight excluding hydrogens is 352 g/mol. The summed E-state index contributed by atoms with van der Waals surface area (Å²) in [5.74, 6) is 0.203. The van der Waals surface area contributed by atoms with Crippen LogP contribution in [0.4, 0.5) is 0 Å². The molecule has 0 atom stereocenters. The van der Waals surface area contributed by atoms with Crippen LogP contribution < -0.4 is 17.0 Å². The second-order valence-corrected chi connectivity index (χ2v) is 8.27. The summed E-state index contributed by atoms with van der Waals surface area (Å²) >= 11 is 0. The highest BCUT2D eigenvalue weighted by atomic mass is 79.9. The van der Waals surface area contributed by atoms with Crippen molar-refractivity contribution in [2.45, 2.75) is 20.4 Å². The number of hydrogen-bond donors (Lipinski definition) is 0. The first-order valence-electron chi connectivity index (χ1n) is 7.21. The average molecular weight is 377 g/mol. The minimum Gasteiger partial charge on any atom is -1.00 e. The van der Waals surface area contributed by atoms with Gasteiger partial charge in [-0.1, -0.05) is 29.8 Å². The molecule has 0 spiro atoms. The molecule has 0 saturated carbocycles. The molecule has 1 saturated heterocycles. The molecule has 1 aliphatic heterocycles. The highest BCUT2D eigenvalue weighted by Gasteiger charge is 2.33. The third kappa shape index (κ3) is 4.77. The highest BCUT2D eigenvalue weighted by molar-refractivity contribution is 7.89. The van der Waals surface area contributed by atoms with Crippen molar-refractivity contribution in [2.24, 2.45) is 0 Å². The van der Waals surface area contributed by atoms with Crippen molar-refractivity contribution in [3.63, 3.8) is 0 Å². The smallest absolute Gasteiger partial charge is 0.214 e. The van der Waals surface area contributed by atoms with Crippen molar-refractivity contribution in [1.29, 1.82) is 0 Å². The van der Waals surface area contributed by atoms with Crippen molar-refractivity contribution in [1.82, 2.24) is 4.31 Å². The Morgan fingerprint density at radius 2 is 1.86 bits per heavy atom. The van der Waals surface area contributed by atoms with Gasteiger partial charge in [0.1, 0.15) is 6.54 Å². The number of likely N-dealkylation sites (N-methyl/N-ethyl adjacent to an activating group) is 1. The monoisotopic (exact) mass is 376 g/mol. The maximum Gasteiger partial charge on any atom is 0.214 e. The topological polar surface area (TPSA) is 37.4 Å². The summed E-state index contributed by atoms with van der Waals surface area (Å²) in [7, 11) is -0.807. The lowest BCUT2D eigenvalue weighted by molar-refractivity contribution is -0.925. The molecule has 0 N–H and O–H groups in total.